The summed E-state index contributed by atoms with van der Waals surface area (Å²) in [6, 6.07) is -0.833. The molecule has 9 heteroatoms. The fourth-order valence-electron chi connectivity index (χ4n) is 7.98. The Morgan fingerprint density at radius 2 is 2.05 bits per heavy atom. The normalized spacial score (nSPS) is 36.5. The molecule has 4 aliphatic rings. The van der Waals surface area contributed by atoms with E-state index < -0.39 is 17.9 Å². The molecule has 0 spiro atoms. The van der Waals surface area contributed by atoms with Crippen molar-refractivity contribution in [3.05, 3.63) is 29.9 Å². The van der Waals surface area contributed by atoms with E-state index in [-0.39, 0.29) is 30.0 Å². The van der Waals surface area contributed by atoms with E-state index in [0.717, 1.165) is 49.9 Å². The number of carbonyl (C=O) groups excluding carboxylic acids is 2. The van der Waals surface area contributed by atoms with Gasteiger partial charge in [0.2, 0.25) is 0 Å². The van der Waals surface area contributed by atoms with Gasteiger partial charge in [-0.1, -0.05) is 24.6 Å². The maximum absolute atomic E-state index is 12.4. The average Bonchev–Trinajstić information content (AvgIpc) is 3.50. The van der Waals surface area contributed by atoms with Crippen LogP contribution in [0.4, 0.5) is 0 Å². The molecule has 5 rings (SSSR count). The Kier molecular flexibility index (Phi) is 7.18. The molecule has 3 saturated carbocycles. The zero-order valence-electron chi connectivity index (χ0n) is 22.2. The van der Waals surface area contributed by atoms with Gasteiger partial charge in [0.1, 0.15) is 6.04 Å². The summed E-state index contributed by atoms with van der Waals surface area (Å²) in [5, 5.41) is 17.6. The van der Waals surface area contributed by atoms with E-state index in [1.54, 1.807) is 6.20 Å². The number of rotatable bonds is 7. The Labute approximate surface area is 218 Å². The van der Waals surface area contributed by atoms with Crippen LogP contribution < -0.4 is 5.32 Å². The zero-order chi connectivity index (χ0) is 26.2. The number of carbonyl (C=O) groups is 2. The minimum absolute atomic E-state index is 0.0969. The summed E-state index contributed by atoms with van der Waals surface area (Å²) in [4.78, 5) is 36.8. The summed E-state index contributed by atoms with van der Waals surface area (Å²) in [6.07, 6.45) is 13.9. The van der Waals surface area contributed by atoms with Crippen molar-refractivity contribution in [3.63, 3.8) is 0 Å². The smallest absolute Gasteiger partial charge is 0.328 e. The van der Waals surface area contributed by atoms with Crippen molar-refractivity contribution in [3.8, 4) is 0 Å². The molecule has 1 aromatic heterocycles. The van der Waals surface area contributed by atoms with Gasteiger partial charge >= 0.3 is 5.97 Å². The van der Waals surface area contributed by atoms with Crippen molar-refractivity contribution in [2.24, 2.45) is 33.7 Å². The summed E-state index contributed by atoms with van der Waals surface area (Å²) >= 11 is 0. The van der Waals surface area contributed by atoms with Crippen molar-refractivity contribution in [1.29, 1.82) is 0 Å². The molecule has 9 nitrogen and oxygen atoms in total. The van der Waals surface area contributed by atoms with Crippen molar-refractivity contribution < 1.29 is 24.3 Å². The summed E-state index contributed by atoms with van der Waals surface area (Å²) in [5.74, 6) is 1.03. The number of nitrogens with zero attached hydrogens (tertiary/aromatic N) is 2. The molecule has 1 heterocycles. The number of imidazole rings is 1. The van der Waals surface area contributed by atoms with Crippen LogP contribution in [0.5, 0.6) is 0 Å². The topological polar surface area (TPSA) is 126 Å². The number of aromatic nitrogens is 2. The molecule has 3 N–H and O–H groups in total. The van der Waals surface area contributed by atoms with E-state index in [1.165, 1.54) is 31.9 Å². The molecule has 37 heavy (non-hydrogen) atoms. The lowest BCUT2D eigenvalue weighted by molar-refractivity contribution is -0.145. The second-order valence-corrected chi connectivity index (χ2v) is 11.9. The van der Waals surface area contributed by atoms with Crippen LogP contribution in [-0.4, -0.2) is 58.5 Å². The van der Waals surface area contributed by atoms with Crippen molar-refractivity contribution in [2.75, 3.05) is 13.7 Å². The van der Waals surface area contributed by atoms with Crippen LogP contribution in [0.25, 0.3) is 0 Å². The number of ether oxygens (including phenoxy) is 1. The number of fused-ring (bicyclic) bond motifs is 5. The lowest BCUT2D eigenvalue weighted by Gasteiger charge is -2.57. The monoisotopic (exact) mass is 512 g/mol. The van der Waals surface area contributed by atoms with Crippen LogP contribution in [0, 0.1) is 28.6 Å². The molecule has 0 aromatic carbocycles. The summed E-state index contributed by atoms with van der Waals surface area (Å²) < 4.78 is 4.82. The van der Waals surface area contributed by atoms with Gasteiger partial charge in [-0.2, -0.15) is 0 Å². The van der Waals surface area contributed by atoms with E-state index in [2.05, 4.69) is 40.4 Å². The molecule has 1 amide bonds. The molecule has 4 aliphatic carbocycles. The van der Waals surface area contributed by atoms with E-state index in [1.807, 2.05) is 0 Å². The van der Waals surface area contributed by atoms with Crippen LogP contribution in [0.15, 0.2) is 29.3 Å². The van der Waals surface area contributed by atoms with Crippen LogP contribution in [0.3, 0.4) is 0 Å². The van der Waals surface area contributed by atoms with Crippen molar-refractivity contribution in [2.45, 2.75) is 83.8 Å². The number of amides is 1. The van der Waals surface area contributed by atoms with E-state index in [0.29, 0.717) is 17.8 Å². The Balaban J connectivity index is 1.19. The Morgan fingerprint density at radius 1 is 1.22 bits per heavy atom. The van der Waals surface area contributed by atoms with Gasteiger partial charge in [0.15, 0.2) is 6.61 Å². The highest BCUT2D eigenvalue weighted by atomic mass is 16.6. The van der Waals surface area contributed by atoms with Gasteiger partial charge < -0.3 is 25.0 Å². The Bertz CT molecular complexity index is 1070. The lowest BCUT2D eigenvalue weighted by Crippen LogP contribution is -2.51. The minimum Gasteiger partial charge on any atom is -0.467 e. The van der Waals surface area contributed by atoms with Gasteiger partial charge in [-0.3, -0.25) is 4.79 Å². The molecule has 0 radical (unpaired) electrons. The number of aromatic amines is 1. The molecular formula is C28H40N4O5. The van der Waals surface area contributed by atoms with Crippen LogP contribution in [0.1, 0.15) is 70.9 Å². The quantitative estimate of drug-likeness (QED) is 0.380. The number of H-pyrrole nitrogens is 1. The van der Waals surface area contributed by atoms with Gasteiger partial charge in [-0.25, -0.2) is 9.78 Å². The molecule has 0 bridgehead atoms. The first-order valence-electron chi connectivity index (χ1n) is 13.7. The standard InChI is InChI=1S/C28H40N4O5/c1-27-10-8-18(32-37-15-25(34)31-23(26(35)36-3)13-19-14-29-16-30-19)12-17(27)4-5-20-21-6-7-24(33)28(21,2)11-9-22(20)27/h12,14,16,20-24,33H,4-11,13,15H2,1-3H3,(H,29,30)(H,31,34)/b32-18-/t20-,21-,22-,23-,24+,27-,28-/m0/s1. The Morgan fingerprint density at radius 3 is 2.81 bits per heavy atom. The number of allylic oxidation sites excluding steroid dienone is 2. The number of hydrogen-bond acceptors (Lipinski definition) is 7. The highest BCUT2D eigenvalue weighted by Gasteiger charge is 2.58. The number of methoxy groups -OCH3 is 1. The average molecular weight is 513 g/mol. The summed E-state index contributed by atoms with van der Waals surface area (Å²) in [7, 11) is 1.29. The second-order valence-electron chi connectivity index (χ2n) is 11.9. The second kappa shape index (κ2) is 10.2. The first kappa shape index (κ1) is 25.9. The van der Waals surface area contributed by atoms with Crippen LogP contribution >= 0.6 is 0 Å². The molecule has 0 saturated heterocycles. The highest BCUT2D eigenvalue weighted by molar-refractivity contribution is 5.96. The molecule has 1 aromatic rings. The minimum atomic E-state index is -0.833. The predicted octanol–water partition coefficient (Wildman–Crippen LogP) is 3.31. The molecular weight excluding hydrogens is 472 g/mol. The summed E-state index contributed by atoms with van der Waals surface area (Å²) in [6.45, 7) is 4.48. The van der Waals surface area contributed by atoms with Gasteiger partial charge in [-0.05, 0) is 86.0 Å². The maximum Gasteiger partial charge on any atom is 0.328 e. The largest absolute Gasteiger partial charge is 0.467 e. The molecule has 0 aliphatic heterocycles. The third-order valence-corrected chi connectivity index (χ3v) is 10.1. The number of aliphatic hydroxyl groups excluding tert-OH is 1. The first-order chi connectivity index (χ1) is 17.7. The number of oxime groups is 1. The third kappa shape index (κ3) is 4.82. The fourth-order valence-corrected chi connectivity index (χ4v) is 7.98. The maximum atomic E-state index is 12.4. The number of hydrogen-bond donors (Lipinski definition) is 3. The number of nitrogens with one attached hydrogen (secondary N) is 2. The third-order valence-electron chi connectivity index (χ3n) is 10.1. The van der Waals surface area contributed by atoms with Crippen LogP contribution in [-0.2, 0) is 25.6 Å². The molecule has 0 unspecified atom stereocenters. The highest BCUT2D eigenvalue weighted by Crippen LogP contribution is 2.65. The van der Waals surface area contributed by atoms with Crippen LogP contribution in [0.2, 0.25) is 0 Å². The Hall–Kier alpha value is -2.68. The van der Waals surface area contributed by atoms with E-state index in [9.17, 15) is 14.7 Å². The number of esters is 1. The molecule has 202 valence electrons. The summed E-state index contributed by atoms with van der Waals surface area (Å²) in [5.41, 5.74) is 3.32. The predicted molar refractivity (Wildman–Crippen MR) is 137 cm³/mol. The van der Waals surface area contributed by atoms with Gasteiger partial charge in [0.25, 0.3) is 5.91 Å². The zero-order valence-corrected chi connectivity index (χ0v) is 22.2. The lowest BCUT2D eigenvalue weighted by atomic mass is 9.47. The molecule has 3 fully saturated rings. The van der Waals surface area contributed by atoms with Crippen molar-refractivity contribution >= 4 is 17.6 Å². The van der Waals surface area contributed by atoms with E-state index in [4.69, 9.17) is 9.57 Å². The van der Waals surface area contributed by atoms with Gasteiger partial charge in [-0.15, -0.1) is 0 Å². The number of aliphatic hydroxyl groups is 1. The van der Waals surface area contributed by atoms with Crippen molar-refractivity contribution in [1.82, 2.24) is 15.3 Å². The van der Waals surface area contributed by atoms with Gasteiger partial charge in [0, 0.05) is 18.3 Å². The van der Waals surface area contributed by atoms with Gasteiger partial charge in [0.05, 0.1) is 25.3 Å². The molecule has 7 atom stereocenters. The first-order valence-corrected chi connectivity index (χ1v) is 13.7. The fraction of sp³-hybridized carbons (Fsp3) is 0.714. The van der Waals surface area contributed by atoms with E-state index >= 15 is 0 Å². The SMILES string of the molecule is COC(=O)[C@H](Cc1cnc[nH]1)NC(=O)CO/N=C1\C=C2CC[C@H]3[C@@H]4CC[C@@H](O)[C@@]4(C)CC[C@@H]3[C@@]2(C)CC1.